The summed E-state index contributed by atoms with van der Waals surface area (Å²) in [7, 11) is 1.85. The average molecular weight is 282 g/mol. The number of nitrogens with zero attached hydrogens (tertiary/aromatic N) is 5. The van der Waals surface area contributed by atoms with Gasteiger partial charge in [0.1, 0.15) is 6.33 Å². The molecule has 0 radical (unpaired) electrons. The van der Waals surface area contributed by atoms with Gasteiger partial charge in [0.2, 0.25) is 5.88 Å². The predicted molar refractivity (Wildman–Crippen MR) is 76.2 cm³/mol. The number of hydrogen-bond donors (Lipinski definition) is 1. The average Bonchev–Trinajstić information content (AvgIpc) is 2.99. The van der Waals surface area contributed by atoms with Gasteiger partial charge < -0.3 is 10.1 Å². The summed E-state index contributed by atoms with van der Waals surface area (Å²) in [6.45, 7) is 0.661. The van der Waals surface area contributed by atoms with Crippen LogP contribution in [0.4, 0.5) is 0 Å². The summed E-state index contributed by atoms with van der Waals surface area (Å²) in [5.41, 5.74) is 1.75. The lowest BCUT2D eigenvalue weighted by Gasteiger charge is -2.01. The summed E-state index contributed by atoms with van der Waals surface area (Å²) in [5.74, 6) is 0.362. The van der Waals surface area contributed by atoms with Crippen molar-refractivity contribution >= 4 is 0 Å². The highest BCUT2D eigenvalue weighted by Crippen LogP contribution is 2.15. The molecule has 1 N–H and O–H groups in total. The van der Waals surface area contributed by atoms with Crippen molar-refractivity contribution < 1.29 is 4.74 Å². The van der Waals surface area contributed by atoms with Crippen LogP contribution in [0.2, 0.25) is 0 Å². The molecule has 0 unspecified atom stereocenters. The SMILES string of the molecule is CNCc1ccc(Oc2ncn(-c3ccccc3)n2)nn1. The molecule has 0 fully saturated rings. The second-order valence-electron chi connectivity index (χ2n) is 4.30. The Morgan fingerprint density at radius 3 is 2.67 bits per heavy atom. The van der Waals surface area contributed by atoms with Gasteiger partial charge in [0.25, 0.3) is 0 Å². The molecular formula is C14H14N6O. The summed E-state index contributed by atoms with van der Waals surface area (Å²) in [5, 5.41) is 15.2. The van der Waals surface area contributed by atoms with Crippen molar-refractivity contribution in [2.24, 2.45) is 0 Å². The summed E-state index contributed by atoms with van der Waals surface area (Å²) >= 11 is 0. The van der Waals surface area contributed by atoms with E-state index in [2.05, 4.69) is 25.6 Å². The minimum absolute atomic E-state index is 0.231. The van der Waals surface area contributed by atoms with Crippen LogP contribution < -0.4 is 10.1 Å². The summed E-state index contributed by atoms with van der Waals surface area (Å²) in [6, 6.07) is 13.5. The lowest BCUT2D eigenvalue weighted by molar-refractivity contribution is 0.417. The van der Waals surface area contributed by atoms with Gasteiger partial charge in [-0.3, -0.25) is 0 Å². The van der Waals surface area contributed by atoms with Crippen molar-refractivity contribution in [1.29, 1.82) is 0 Å². The zero-order valence-electron chi connectivity index (χ0n) is 11.5. The van der Waals surface area contributed by atoms with Crippen molar-refractivity contribution in [3.8, 4) is 17.6 Å². The van der Waals surface area contributed by atoms with Crippen LogP contribution in [0.25, 0.3) is 5.69 Å². The molecule has 2 heterocycles. The molecule has 0 spiro atoms. The summed E-state index contributed by atoms with van der Waals surface area (Å²) < 4.78 is 7.11. The van der Waals surface area contributed by atoms with E-state index in [4.69, 9.17) is 4.74 Å². The van der Waals surface area contributed by atoms with E-state index in [9.17, 15) is 0 Å². The molecule has 3 aromatic rings. The fourth-order valence-corrected chi connectivity index (χ4v) is 1.77. The Morgan fingerprint density at radius 2 is 1.95 bits per heavy atom. The minimum Gasteiger partial charge on any atom is -0.402 e. The van der Waals surface area contributed by atoms with Crippen LogP contribution >= 0.6 is 0 Å². The molecule has 0 aliphatic heterocycles. The smallest absolute Gasteiger partial charge is 0.342 e. The highest BCUT2D eigenvalue weighted by atomic mass is 16.5. The number of hydrogen-bond acceptors (Lipinski definition) is 6. The van der Waals surface area contributed by atoms with Gasteiger partial charge in [0, 0.05) is 12.6 Å². The van der Waals surface area contributed by atoms with Crippen molar-refractivity contribution in [2.75, 3.05) is 7.05 Å². The predicted octanol–water partition coefficient (Wildman–Crippen LogP) is 1.57. The molecule has 21 heavy (non-hydrogen) atoms. The maximum Gasteiger partial charge on any atom is 0.342 e. The summed E-state index contributed by atoms with van der Waals surface area (Å²) in [6.07, 6.45) is 1.59. The van der Waals surface area contributed by atoms with Crippen molar-refractivity contribution in [3.05, 3.63) is 54.5 Å². The van der Waals surface area contributed by atoms with Gasteiger partial charge in [-0.2, -0.15) is 10.1 Å². The highest BCUT2D eigenvalue weighted by Gasteiger charge is 2.06. The zero-order chi connectivity index (χ0) is 14.5. The zero-order valence-corrected chi connectivity index (χ0v) is 11.5. The number of para-hydroxylation sites is 1. The Balaban J connectivity index is 1.72. The van der Waals surface area contributed by atoms with Gasteiger partial charge in [-0.05, 0) is 25.2 Å². The summed E-state index contributed by atoms with van der Waals surface area (Å²) in [4.78, 5) is 4.10. The Kier molecular flexibility index (Phi) is 3.83. The topological polar surface area (TPSA) is 77.8 Å². The molecule has 0 amide bonds. The Bertz CT molecular complexity index is 695. The molecule has 7 nitrogen and oxygen atoms in total. The first-order valence-electron chi connectivity index (χ1n) is 6.47. The van der Waals surface area contributed by atoms with Crippen LogP contribution in [0.5, 0.6) is 11.9 Å². The van der Waals surface area contributed by atoms with Crippen LogP contribution in [0.1, 0.15) is 5.69 Å². The van der Waals surface area contributed by atoms with E-state index in [0.29, 0.717) is 12.4 Å². The van der Waals surface area contributed by atoms with E-state index < -0.39 is 0 Å². The molecule has 1 aromatic carbocycles. The Labute approximate surface area is 121 Å². The number of aromatic nitrogens is 5. The Hall–Kier alpha value is -2.80. The molecule has 0 aliphatic carbocycles. The molecule has 3 rings (SSSR count). The lowest BCUT2D eigenvalue weighted by atomic mass is 10.3. The normalized spacial score (nSPS) is 10.5. The first-order valence-corrected chi connectivity index (χ1v) is 6.47. The third kappa shape index (κ3) is 3.21. The Morgan fingerprint density at radius 1 is 1.10 bits per heavy atom. The molecule has 0 aliphatic rings. The second-order valence-corrected chi connectivity index (χ2v) is 4.30. The van der Waals surface area contributed by atoms with Gasteiger partial charge >= 0.3 is 6.01 Å². The van der Waals surface area contributed by atoms with Gasteiger partial charge in [0.15, 0.2) is 0 Å². The van der Waals surface area contributed by atoms with Gasteiger partial charge in [-0.25, -0.2) is 4.68 Å². The largest absolute Gasteiger partial charge is 0.402 e. The molecule has 106 valence electrons. The molecule has 0 bridgehead atoms. The molecule has 7 heteroatoms. The quantitative estimate of drug-likeness (QED) is 0.765. The maximum atomic E-state index is 5.48. The first-order chi connectivity index (χ1) is 10.3. The number of nitrogens with one attached hydrogen (secondary N) is 1. The van der Waals surface area contributed by atoms with E-state index >= 15 is 0 Å². The van der Waals surface area contributed by atoms with Crippen molar-refractivity contribution in [3.63, 3.8) is 0 Å². The molecule has 0 atom stereocenters. The fraction of sp³-hybridized carbons (Fsp3) is 0.143. The number of benzene rings is 1. The van der Waals surface area contributed by atoms with Crippen LogP contribution in [0, 0.1) is 0 Å². The van der Waals surface area contributed by atoms with Gasteiger partial charge in [0.05, 0.1) is 11.4 Å². The lowest BCUT2D eigenvalue weighted by Crippen LogP contribution is -2.07. The molecular weight excluding hydrogens is 268 g/mol. The van der Waals surface area contributed by atoms with Gasteiger partial charge in [-0.1, -0.05) is 18.2 Å². The molecule has 0 saturated heterocycles. The van der Waals surface area contributed by atoms with Crippen LogP contribution in [-0.2, 0) is 6.54 Å². The van der Waals surface area contributed by atoms with Crippen LogP contribution in [-0.4, -0.2) is 32.0 Å². The molecule has 2 aromatic heterocycles. The second kappa shape index (κ2) is 6.10. The van der Waals surface area contributed by atoms with Crippen molar-refractivity contribution in [1.82, 2.24) is 30.3 Å². The van der Waals surface area contributed by atoms with E-state index in [1.165, 1.54) is 0 Å². The monoisotopic (exact) mass is 282 g/mol. The first kappa shape index (κ1) is 13.2. The fourth-order valence-electron chi connectivity index (χ4n) is 1.77. The standard InChI is InChI=1S/C14H14N6O/c1-15-9-11-7-8-13(18-17-11)21-14-16-10-20(19-14)12-5-3-2-4-6-12/h2-8,10,15H,9H2,1H3. The van der Waals surface area contributed by atoms with E-state index in [0.717, 1.165) is 11.4 Å². The number of rotatable bonds is 5. The number of ether oxygens (including phenoxy) is 1. The van der Waals surface area contributed by atoms with E-state index in [-0.39, 0.29) is 6.01 Å². The third-order valence-electron chi connectivity index (χ3n) is 2.74. The maximum absolute atomic E-state index is 5.48. The van der Waals surface area contributed by atoms with Crippen LogP contribution in [0.15, 0.2) is 48.8 Å². The highest BCUT2D eigenvalue weighted by molar-refractivity contribution is 5.29. The van der Waals surface area contributed by atoms with Crippen LogP contribution in [0.3, 0.4) is 0 Å². The van der Waals surface area contributed by atoms with Crippen molar-refractivity contribution in [2.45, 2.75) is 6.54 Å². The van der Waals surface area contributed by atoms with E-state index in [1.807, 2.05) is 43.4 Å². The van der Waals surface area contributed by atoms with Gasteiger partial charge in [-0.15, -0.1) is 10.2 Å². The third-order valence-corrected chi connectivity index (χ3v) is 2.74. The van der Waals surface area contributed by atoms with E-state index in [1.54, 1.807) is 17.1 Å². The molecule has 0 saturated carbocycles. The minimum atomic E-state index is 0.231.